The zero-order chi connectivity index (χ0) is 14.6. The van der Waals surface area contributed by atoms with Crippen LogP contribution >= 0.6 is 0 Å². The van der Waals surface area contributed by atoms with E-state index in [1.54, 1.807) is 6.92 Å². The van der Waals surface area contributed by atoms with Gasteiger partial charge in [-0.05, 0) is 25.1 Å². The molecule has 0 aliphatic heterocycles. The zero-order valence-electron chi connectivity index (χ0n) is 10.7. The summed E-state index contributed by atoms with van der Waals surface area (Å²) in [4.78, 5) is 12.5. The van der Waals surface area contributed by atoms with Gasteiger partial charge in [0.15, 0.2) is 0 Å². The molecule has 0 aliphatic rings. The van der Waals surface area contributed by atoms with Gasteiger partial charge in [-0.15, -0.1) is 0 Å². The number of halogens is 3. The number of nitrogens with one attached hydrogen (secondary N) is 1. The number of hydrogen-bond donors (Lipinski definition) is 2. The van der Waals surface area contributed by atoms with Crippen molar-refractivity contribution >= 4 is 17.3 Å². The van der Waals surface area contributed by atoms with Crippen LogP contribution in [-0.4, -0.2) is 32.2 Å². The summed E-state index contributed by atoms with van der Waals surface area (Å²) in [6.07, 6.45) is -4.31. The number of hydrogen-bond acceptors (Lipinski definition) is 3. The minimum Gasteiger partial charge on any atom is -0.397 e. The first kappa shape index (κ1) is 15.1. The molecule has 0 bridgehead atoms. The van der Waals surface area contributed by atoms with Crippen LogP contribution in [0.4, 0.5) is 24.5 Å². The van der Waals surface area contributed by atoms with E-state index in [4.69, 9.17) is 5.73 Å². The number of nitrogen functional groups attached to an aromatic ring is 1. The van der Waals surface area contributed by atoms with Crippen LogP contribution in [0.25, 0.3) is 0 Å². The maximum atomic E-state index is 12.3. The molecule has 106 valence electrons. The first-order valence-corrected chi connectivity index (χ1v) is 5.70. The molecule has 1 aromatic carbocycles. The van der Waals surface area contributed by atoms with Gasteiger partial charge in [0.2, 0.25) is 0 Å². The van der Waals surface area contributed by atoms with Crippen LogP contribution in [0.15, 0.2) is 18.2 Å². The monoisotopic (exact) mass is 275 g/mol. The van der Waals surface area contributed by atoms with Crippen molar-refractivity contribution in [1.82, 2.24) is 5.32 Å². The molecule has 4 nitrogen and oxygen atoms in total. The van der Waals surface area contributed by atoms with Crippen LogP contribution in [0.3, 0.4) is 0 Å². The van der Waals surface area contributed by atoms with Crippen LogP contribution in [0.2, 0.25) is 0 Å². The Balaban J connectivity index is 2.91. The average molecular weight is 275 g/mol. The van der Waals surface area contributed by atoms with Gasteiger partial charge in [0.05, 0.1) is 11.4 Å². The number of carbonyl (C=O) groups is 1. The molecular formula is C12H16F3N3O. The first-order valence-electron chi connectivity index (χ1n) is 5.70. The number of benzene rings is 1. The number of rotatable bonds is 4. The second-order valence-corrected chi connectivity index (χ2v) is 4.10. The Labute approximate surface area is 109 Å². The van der Waals surface area contributed by atoms with Crippen LogP contribution in [0.1, 0.15) is 17.3 Å². The first-order chi connectivity index (χ1) is 8.74. The molecule has 0 atom stereocenters. The minimum atomic E-state index is -4.31. The van der Waals surface area contributed by atoms with Crippen LogP contribution in [0, 0.1) is 0 Å². The molecule has 1 amide bonds. The minimum absolute atomic E-state index is 0.135. The molecule has 1 rings (SSSR count). The number of anilines is 2. The second-order valence-electron chi connectivity index (χ2n) is 4.10. The fourth-order valence-corrected chi connectivity index (χ4v) is 1.66. The second kappa shape index (κ2) is 5.81. The summed E-state index contributed by atoms with van der Waals surface area (Å²) < 4.78 is 36.9. The fourth-order valence-electron chi connectivity index (χ4n) is 1.66. The maximum Gasteiger partial charge on any atom is 0.405 e. The number of nitrogens with two attached hydrogens (primary N) is 1. The molecule has 0 aliphatic carbocycles. The number of alkyl halides is 3. The predicted molar refractivity (Wildman–Crippen MR) is 68.2 cm³/mol. The Hall–Kier alpha value is -1.92. The molecule has 0 fully saturated rings. The summed E-state index contributed by atoms with van der Waals surface area (Å²) in [5.41, 5.74) is 6.38. The van der Waals surface area contributed by atoms with E-state index in [0.717, 1.165) is 4.90 Å². The molecule has 0 radical (unpaired) electrons. The zero-order valence-corrected chi connectivity index (χ0v) is 10.7. The van der Waals surface area contributed by atoms with E-state index in [1.165, 1.54) is 25.2 Å². The summed E-state index contributed by atoms with van der Waals surface area (Å²) in [6, 6.07) is 4.22. The molecule has 7 heteroatoms. The average Bonchev–Trinajstić information content (AvgIpc) is 2.26. The third-order valence-corrected chi connectivity index (χ3v) is 2.45. The van der Waals surface area contributed by atoms with Crippen LogP contribution in [-0.2, 0) is 0 Å². The van der Waals surface area contributed by atoms with E-state index in [2.05, 4.69) is 5.32 Å². The highest BCUT2D eigenvalue weighted by atomic mass is 19.4. The van der Waals surface area contributed by atoms with Crippen LogP contribution < -0.4 is 16.0 Å². The highest BCUT2D eigenvalue weighted by Gasteiger charge is 2.30. The van der Waals surface area contributed by atoms with Gasteiger partial charge in [-0.25, -0.2) is 0 Å². The third-order valence-electron chi connectivity index (χ3n) is 2.45. The van der Waals surface area contributed by atoms with Crippen molar-refractivity contribution in [1.29, 1.82) is 0 Å². The van der Waals surface area contributed by atoms with Crippen molar-refractivity contribution < 1.29 is 18.0 Å². The predicted octanol–water partition coefficient (Wildman–Crippen LogP) is 2.02. The smallest absolute Gasteiger partial charge is 0.397 e. The molecule has 0 saturated heterocycles. The molecule has 0 saturated carbocycles. The molecule has 3 N–H and O–H groups in total. The lowest BCUT2D eigenvalue weighted by molar-refractivity contribution is -0.119. The summed E-state index contributed by atoms with van der Waals surface area (Å²) in [7, 11) is 1.30. The lowest BCUT2D eigenvalue weighted by atomic mass is 10.1. The van der Waals surface area contributed by atoms with Crippen molar-refractivity contribution in [2.45, 2.75) is 13.1 Å². The molecule has 19 heavy (non-hydrogen) atoms. The van der Waals surface area contributed by atoms with Crippen molar-refractivity contribution in [3.8, 4) is 0 Å². The highest BCUT2D eigenvalue weighted by Crippen LogP contribution is 2.26. The van der Waals surface area contributed by atoms with E-state index in [-0.39, 0.29) is 17.3 Å². The Bertz CT molecular complexity index is 460. The molecule has 0 unspecified atom stereocenters. The van der Waals surface area contributed by atoms with E-state index in [9.17, 15) is 18.0 Å². The lowest BCUT2D eigenvalue weighted by Crippen LogP contribution is -2.31. The van der Waals surface area contributed by atoms with Gasteiger partial charge in [0.25, 0.3) is 5.91 Å². The number of amides is 1. The Morgan fingerprint density at radius 3 is 2.53 bits per heavy atom. The highest BCUT2D eigenvalue weighted by molar-refractivity contribution is 5.96. The number of nitrogens with zero attached hydrogens (tertiary/aromatic N) is 1. The summed E-state index contributed by atoms with van der Waals surface area (Å²) >= 11 is 0. The van der Waals surface area contributed by atoms with Gasteiger partial charge in [-0.3, -0.25) is 4.79 Å². The Kier molecular flexibility index (Phi) is 4.63. The summed E-state index contributed by atoms with van der Waals surface area (Å²) in [5, 5.41) is 2.59. The topological polar surface area (TPSA) is 58.4 Å². The van der Waals surface area contributed by atoms with Gasteiger partial charge in [-0.2, -0.15) is 13.2 Å². The third kappa shape index (κ3) is 4.35. The Morgan fingerprint density at radius 1 is 1.42 bits per heavy atom. The molecule has 0 heterocycles. The normalized spacial score (nSPS) is 11.2. The standard InChI is InChI=1S/C12H16F3N3O/c1-3-17-11(19)8-4-5-10(9(16)6-8)18(2)7-12(13,14)15/h4-6H,3,7,16H2,1-2H3,(H,17,19). The molecule has 0 spiro atoms. The molecular weight excluding hydrogens is 259 g/mol. The summed E-state index contributed by atoms with van der Waals surface area (Å²) in [6.45, 7) is 1.14. The summed E-state index contributed by atoms with van der Waals surface area (Å²) in [5.74, 6) is -0.306. The van der Waals surface area contributed by atoms with Crippen molar-refractivity contribution in [3.05, 3.63) is 23.8 Å². The number of carbonyl (C=O) groups excluding carboxylic acids is 1. The Morgan fingerprint density at radius 2 is 2.05 bits per heavy atom. The largest absolute Gasteiger partial charge is 0.405 e. The lowest BCUT2D eigenvalue weighted by Gasteiger charge is -2.22. The SMILES string of the molecule is CCNC(=O)c1ccc(N(C)CC(F)(F)F)c(N)c1. The molecule has 0 aromatic heterocycles. The van der Waals surface area contributed by atoms with Gasteiger partial charge >= 0.3 is 6.18 Å². The van der Waals surface area contributed by atoms with Crippen molar-refractivity contribution in [2.24, 2.45) is 0 Å². The van der Waals surface area contributed by atoms with Crippen molar-refractivity contribution in [2.75, 3.05) is 30.8 Å². The van der Waals surface area contributed by atoms with E-state index in [1.807, 2.05) is 0 Å². The maximum absolute atomic E-state index is 12.3. The van der Waals surface area contributed by atoms with Gasteiger partial charge in [0, 0.05) is 19.2 Å². The van der Waals surface area contributed by atoms with Gasteiger partial charge in [0.1, 0.15) is 6.54 Å². The van der Waals surface area contributed by atoms with Crippen LogP contribution in [0.5, 0.6) is 0 Å². The van der Waals surface area contributed by atoms with Crippen molar-refractivity contribution in [3.63, 3.8) is 0 Å². The molecule has 1 aromatic rings. The van der Waals surface area contributed by atoms with E-state index in [0.29, 0.717) is 12.1 Å². The van der Waals surface area contributed by atoms with Gasteiger partial charge < -0.3 is 16.0 Å². The van der Waals surface area contributed by atoms with Gasteiger partial charge in [-0.1, -0.05) is 0 Å². The van der Waals surface area contributed by atoms with E-state index < -0.39 is 12.7 Å². The van der Waals surface area contributed by atoms with E-state index >= 15 is 0 Å². The quantitative estimate of drug-likeness (QED) is 0.826. The fraction of sp³-hybridized carbons (Fsp3) is 0.417.